The molecule has 5 nitrogen and oxygen atoms in total. The molecule has 5 heteroatoms. The molecule has 0 unspecified atom stereocenters. The second-order valence-electron chi connectivity index (χ2n) is 3.57. The zero-order valence-electron chi connectivity index (χ0n) is 8.37. The van der Waals surface area contributed by atoms with E-state index < -0.39 is 0 Å². The molecule has 0 aliphatic rings. The minimum atomic E-state index is -0.204. The van der Waals surface area contributed by atoms with E-state index >= 15 is 0 Å². The second kappa shape index (κ2) is 2.50. The predicted molar refractivity (Wildman–Crippen MR) is 55.1 cm³/mol. The fourth-order valence-corrected chi connectivity index (χ4v) is 1.87. The third kappa shape index (κ3) is 0.971. The van der Waals surface area contributed by atoms with Crippen molar-refractivity contribution in [3.05, 3.63) is 34.1 Å². The average Bonchev–Trinajstić information content (AvgIpc) is 2.67. The normalized spacial score (nSPS) is 11.6. The zero-order valence-corrected chi connectivity index (χ0v) is 8.37. The van der Waals surface area contributed by atoms with Gasteiger partial charge in [-0.15, -0.1) is 0 Å². The topological polar surface area (TPSA) is 63.3 Å². The molecule has 0 fully saturated rings. The van der Waals surface area contributed by atoms with Crippen LogP contribution in [0.3, 0.4) is 0 Å². The molecular weight excluding hydrogens is 194 g/mol. The highest BCUT2D eigenvalue weighted by molar-refractivity contribution is 5.82. The van der Waals surface area contributed by atoms with Gasteiger partial charge in [0, 0.05) is 12.1 Å². The fraction of sp³-hybridized carbons (Fsp3) is 0.200. The number of aromatic nitrogens is 3. The summed E-state index contributed by atoms with van der Waals surface area (Å²) in [7, 11) is 0. The van der Waals surface area contributed by atoms with Crippen LogP contribution in [0.5, 0.6) is 0 Å². The first kappa shape index (κ1) is 8.28. The summed E-state index contributed by atoms with van der Waals surface area (Å²) in [4.78, 5) is 11.5. The second-order valence-corrected chi connectivity index (χ2v) is 3.57. The summed E-state index contributed by atoms with van der Waals surface area (Å²) in [5, 5.41) is 6.36. The molecule has 0 radical (unpaired) electrons. The van der Waals surface area contributed by atoms with Crippen LogP contribution < -0.4 is 5.56 Å². The van der Waals surface area contributed by atoms with E-state index in [1.54, 1.807) is 10.5 Å². The minimum Gasteiger partial charge on any atom is -0.460 e. The molecule has 3 rings (SSSR count). The van der Waals surface area contributed by atoms with Crippen LogP contribution in [-0.4, -0.2) is 14.6 Å². The lowest BCUT2D eigenvalue weighted by molar-refractivity contribution is 0.579. The predicted octanol–water partition coefficient (Wildman–Crippen LogP) is 1.39. The lowest BCUT2D eigenvalue weighted by Gasteiger charge is -1.97. The lowest BCUT2D eigenvalue weighted by Crippen LogP contribution is -2.13. The van der Waals surface area contributed by atoms with Crippen LogP contribution >= 0.6 is 0 Å². The molecule has 76 valence electrons. The first-order valence-electron chi connectivity index (χ1n) is 4.64. The molecule has 0 saturated heterocycles. The number of aromatic amines is 1. The Morgan fingerprint density at radius 2 is 2.13 bits per heavy atom. The number of nitrogens with one attached hydrogen (secondary N) is 1. The number of aryl methyl sites for hydroxylation is 2. The first-order chi connectivity index (χ1) is 7.16. The molecule has 0 spiro atoms. The standard InChI is InChI=1S/C10H9N3O2/c1-5-3-7-9(15-5)4-8-10(14)12-11-6(2)13(7)8/h3-4H,1-2H3,(H,12,14). The maximum absolute atomic E-state index is 11.5. The summed E-state index contributed by atoms with van der Waals surface area (Å²) in [6, 6.07) is 3.63. The van der Waals surface area contributed by atoms with Crippen LogP contribution in [0.15, 0.2) is 21.3 Å². The third-order valence-corrected chi connectivity index (χ3v) is 2.49. The Morgan fingerprint density at radius 3 is 2.93 bits per heavy atom. The molecule has 0 bridgehead atoms. The Kier molecular flexibility index (Phi) is 1.38. The van der Waals surface area contributed by atoms with Crippen molar-refractivity contribution in [2.75, 3.05) is 0 Å². The molecule has 0 aliphatic carbocycles. The van der Waals surface area contributed by atoms with E-state index in [9.17, 15) is 4.79 Å². The summed E-state index contributed by atoms with van der Waals surface area (Å²) >= 11 is 0. The monoisotopic (exact) mass is 203 g/mol. The van der Waals surface area contributed by atoms with Gasteiger partial charge in [0.1, 0.15) is 17.1 Å². The van der Waals surface area contributed by atoms with Crippen molar-refractivity contribution in [3.8, 4) is 0 Å². The minimum absolute atomic E-state index is 0.204. The summed E-state index contributed by atoms with van der Waals surface area (Å²) < 4.78 is 7.26. The van der Waals surface area contributed by atoms with Crippen molar-refractivity contribution in [1.82, 2.24) is 14.6 Å². The SMILES string of the molecule is Cc1cc2c(cc3c(=O)[nH]nc(C)n32)o1. The largest absolute Gasteiger partial charge is 0.460 e. The van der Waals surface area contributed by atoms with E-state index in [0.29, 0.717) is 11.1 Å². The van der Waals surface area contributed by atoms with Gasteiger partial charge in [-0.3, -0.25) is 9.20 Å². The Morgan fingerprint density at radius 1 is 1.33 bits per heavy atom. The average molecular weight is 203 g/mol. The number of nitrogens with zero attached hydrogens (tertiary/aromatic N) is 2. The number of fused-ring (bicyclic) bond motifs is 3. The van der Waals surface area contributed by atoms with Crippen LogP contribution in [0.25, 0.3) is 16.6 Å². The van der Waals surface area contributed by atoms with Gasteiger partial charge in [-0.25, -0.2) is 5.10 Å². The van der Waals surface area contributed by atoms with Gasteiger partial charge in [-0.2, -0.15) is 5.10 Å². The quantitative estimate of drug-likeness (QED) is 0.600. The Balaban J connectivity index is 2.68. The summed E-state index contributed by atoms with van der Waals surface area (Å²) in [6.45, 7) is 3.72. The number of hydrogen-bond donors (Lipinski definition) is 1. The summed E-state index contributed by atoms with van der Waals surface area (Å²) in [5.41, 5.74) is 1.97. The summed E-state index contributed by atoms with van der Waals surface area (Å²) in [5.74, 6) is 1.56. The molecule has 1 N–H and O–H groups in total. The number of hydrogen-bond acceptors (Lipinski definition) is 3. The third-order valence-electron chi connectivity index (χ3n) is 2.49. The van der Waals surface area contributed by atoms with E-state index in [1.807, 2.05) is 19.9 Å². The van der Waals surface area contributed by atoms with Gasteiger partial charge in [0.15, 0.2) is 5.58 Å². The lowest BCUT2D eigenvalue weighted by atomic mass is 10.4. The molecular formula is C10H9N3O2. The van der Waals surface area contributed by atoms with E-state index in [2.05, 4.69) is 10.2 Å². The zero-order chi connectivity index (χ0) is 10.6. The maximum atomic E-state index is 11.5. The number of furan rings is 1. The number of H-pyrrole nitrogens is 1. The van der Waals surface area contributed by atoms with E-state index in [1.165, 1.54) is 0 Å². The van der Waals surface area contributed by atoms with Crippen molar-refractivity contribution >= 4 is 16.6 Å². The van der Waals surface area contributed by atoms with Gasteiger partial charge in [0.25, 0.3) is 5.56 Å². The molecule has 0 aromatic carbocycles. The molecule has 0 aliphatic heterocycles. The maximum Gasteiger partial charge on any atom is 0.288 e. The van der Waals surface area contributed by atoms with Crippen LogP contribution in [-0.2, 0) is 0 Å². The number of rotatable bonds is 0. The van der Waals surface area contributed by atoms with E-state index in [-0.39, 0.29) is 5.56 Å². The van der Waals surface area contributed by atoms with Crippen molar-refractivity contribution in [1.29, 1.82) is 0 Å². The van der Waals surface area contributed by atoms with E-state index in [4.69, 9.17) is 4.42 Å². The van der Waals surface area contributed by atoms with Crippen LogP contribution in [0, 0.1) is 13.8 Å². The van der Waals surface area contributed by atoms with Crippen LogP contribution in [0.4, 0.5) is 0 Å². The van der Waals surface area contributed by atoms with Gasteiger partial charge in [-0.1, -0.05) is 0 Å². The van der Waals surface area contributed by atoms with Crippen molar-refractivity contribution in [3.63, 3.8) is 0 Å². The Labute approximate surface area is 84.3 Å². The highest BCUT2D eigenvalue weighted by Gasteiger charge is 2.11. The highest BCUT2D eigenvalue weighted by atomic mass is 16.3. The molecule has 0 amide bonds. The molecule has 0 atom stereocenters. The molecule has 3 aromatic heterocycles. The van der Waals surface area contributed by atoms with Gasteiger partial charge in [0.2, 0.25) is 0 Å². The fourth-order valence-electron chi connectivity index (χ4n) is 1.87. The highest BCUT2D eigenvalue weighted by Crippen LogP contribution is 2.22. The first-order valence-corrected chi connectivity index (χ1v) is 4.64. The molecule has 3 heterocycles. The van der Waals surface area contributed by atoms with Crippen molar-refractivity contribution in [2.24, 2.45) is 0 Å². The van der Waals surface area contributed by atoms with Gasteiger partial charge in [0.05, 0.1) is 5.52 Å². The molecule has 15 heavy (non-hydrogen) atoms. The van der Waals surface area contributed by atoms with Gasteiger partial charge < -0.3 is 4.42 Å². The molecule has 3 aromatic rings. The van der Waals surface area contributed by atoms with E-state index in [0.717, 1.165) is 17.1 Å². The van der Waals surface area contributed by atoms with Crippen LogP contribution in [0.1, 0.15) is 11.6 Å². The summed E-state index contributed by atoms with van der Waals surface area (Å²) in [6.07, 6.45) is 0. The van der Waals surface area contributed by atoms with Crippen molar-refractivity contribution < 1.29 is 4.42 Å². The van der Waals surface area contributed by atoms with Crippen LogP contribution in [0.2, 0.25) is 0 Å². The molecule has 0 saturated carbocycles. The smallest absolute Gasteiger partial charge is 0.288 e. The van der Waals surface area contributed by atoms with Gasteiger partial charge >= 0.3 is 0 Å². The van der Waals surface area contributed by atoms with Crippen molar-refractivity contribution in [2.45, 2.75) is 13.8 Å². The Hall–Kier alpha value is -2.04. The Bertz CT molecular complexity index is 717. The van der Waals surface area contributed by atoms with Gasteiger partial charge in [-0.05, 0) is 13.8 Å².